The predicted octanol–water partition coefficient (Wildman–Crippen LogP) is 3.88. The van der Waals surface area contributed by atoms with E-state index in [9.17, 15) is 0 Å². The van der Waals surface area contributed by atoms with Gasteiger partial charge in [-0.1, -0.05) is 20.8 Å². The number of hydrogen-bond donors (Lipinski definition) is 0. The average Bonchev–Trinajstić information content (AvgIpc) is 2.19. The molecule has 0 bridgehead atoms. The molecule has 0 radical (unpaired) electrons. The van der Waals surface area contributed by atoms with Crippen molar-refractivity contribution in [3.63, 3.8) is 0 Å². The maximum Gasteiger partial charge on any atom is 0.0494 e. The SMILES string of the molecule is CCCOCC1CCC(C(C)C)CC1. The van der Waals surface area contributed by atoms with E-state index in [1.54, 1.807) is 0 Å². The normalized spacial score (nSPS) is 28.3. The standard InChI is InChI=1S/C13H26O/c1-4-9-14-10-12-5-7-13(8-6-12)11(2)3/h11-13H,4-10H2,1-3H3. The molecule has 14 heavy (non-hydrogen) atoms. The van der Waals surface area contributed by atoms with Crippen LogP contribution >= 0.6 is 0 Å². The first-order chi connectivity index (χ1) is 6.74. The first-order valence-corrected chi connectivity index (χ1v) is 6.31. The lowest BCUT2D eigenvalue weighted by molar-refractivity contribution is 0.0734. The minimum Gasteiger partial charge on any atom is -0.381 e. The lowest BCUT2D eigenvalue weighted by Gasteiger charge is -2.30. The molecule has 0 spiro atoms. The maximum atomic E-state index is 5.62. The summed E-state index contributed by atoms with van der Waals surface area (Å²) in [6.45, 7) is 8.86. The molecule has 0 atom stereocenters. The van der Waals surface area contributed by atoms with Crippen LogP contribution in [0.25, 0.3) is 0 Å². The van der Waals surface area contributed by atoms with Crippen molar-refractivity contribution >= 4 is 0 Å². The minimum atomic E-state index is 0.858. The van der Waals surface area contributed by atoms with Gasteiger partial charge in [0.15, 0.2) is 0 Å². The molecule has 0 aromatic heterocycles. The highest BCUT2D eigenvalue weighted by Crippen LogP contribution is 2.33. The van der Waals surface area contributed by atoms with E-state index < -0.39 is 0 Å². The highest BCUT2D eigenvalue weighted by Gasteiger charge is 2.22. The van der Waals surface area contributed by atoms with E-state index in [-0.39, 0.29) is 0 Å². The fourth-order valence-electron chi connectivity index (χ4n) is 2.42. The van der Waals surface area contributed by atoms with Gasteiger partial charge >= 0.3 is 0 Å². The van der Waals surface area contributed by atoms with E-state index in [0.717, 1.165) is 37.4 Å². The fraction of sp³-hybridized carbons (Fsp3) is 1.00. The van der Waals surface area contributed by atoms with Crippen LogP contribution in [0.2, 0.25) is 0 Å². The molecule has 0 N–H and O–H groups in total. The quantitative estimate of drug-likeness (QED) is 0.609. The number of ether oxygens (including phenoxy) is 1. The molecule has 0 aliphatic heterocycles. The third-order valence-electron chi connectivity index (χ3n) is 3.54. The Morgan fingerprint density at radius 1 is 1.14 bits per heavy atom. The zero-order valence-electron chi connectivity index (χ0n) is 10.1. The van der Waals surface area contributed by atoms with Gasteiger partial charge in [0.25, 0.3) is 0 Å². The van der Waals surface area contributed by atoms with Gasteiger partial charge in [0.05, 0.1) is 0 Å². The van der Waals surface area contributed by atoms with Gasteiger partial charge in [-0.25, -0.2) is 0 Å². The zero-order chi connectivity index (χ0) is 10.4. The van der Waals surface area contributed by atoms with Crippen LogP contribution in [0.15, 0.2) is 0 Å². The molecule has 0 aromatic carbocycles. The average molecular weight is 198 g/mol. The topological polar surface area (TPSA) is 9.23 Å². The van der Waals surface area contributed by atoms with Crippen molar-refractivity contribution in [3.05, 3.63) is 0 Å². The van der Waals surface area contributed by atoms with Crippen LogP contribution in [0.3, 0.4) is 0 Å². The number of rotatable bonds is 5. The predicted molar refractivity (Wildman–Crippen MR) is 61.4 cm³/mol. The van der Waals surface area contributed by atoms with Gasteiger partial charge in [0.2, 0.25) is 0 Å². The van der Waals surface area contributed by atoms with Crippen molar-refractivity contribution in [3.8, 4) is 0 Å². The molecule has 0 amide bonds. The van der Waals surface area contributed by atoms with Gasteiger partial charge in [0.1, 0.15) is 0 Å². The third kappa shape index (κ3) is 4.00. The van der Waals surface area contributed by atoms with Crippen LogP contribution in [0.4, 0.5) is 0 Å². The van der Waals surface area contributed by atoms with Crippen molar-refractivity contribution in [1.29, 1.82) is 0 Å². The Bertz CT molecular complexity index is 134. The van der Waals surface area contributed by atoms with Gasteiger partial charge in [-0.05, 0) is 49.9 Å². The molecule has 0 aromatic rings. The minimum absolute atomic E-state index is 0.858. The van der Waals surface area contributed by atoms with E-state index >= 15 is 0 Å². The van der Waals surface area contributed by atoms with E-state index in [1.165, 1.54) is 25.7 Å². The Hall–Kier alpha value is -0.0400. The molecule has 0 saturated heterocycles. The molecule has 84 valence electrons. The van der Waals surface area contributed by atoms with Gasteiger partial charge in [0, 0.05) is 13.2 Å². The van der Waals surface area contributed by atoms with Crippen LogP contribution < -0.4 is 0 Å². The van der Waals surface area contributed by atoms with Crippen molar-refractivity contribution in [2.75, 3.05) is 13.2 Å². The van der Waals surface area contributed by atoms with E-state index in [1.807, 2.05) is 0 Å². The summed E-state index contributed by atoms with van der Waals surface area (Å²) in [6.07, 6.45) is 6.80. The summed E-state index contributed by atoms with van der Waals surface area (Å²) in [4.78, 5) is 0. The Kier molecular flexibility index (Phi) is 5.54. The number of hydrogen-bond acceptors (Lipinski definition) is 1. The zero-order valence-corrected chi connectivity index (χ0v) is 10.1. The molecule has 1 fully saturated rings. The van der Waals surface area contributed by atoms with Crippen LogP contribution in [0.1, 0.15) is 52.9 Å². The van der Waals surface area contributed by atoms with Crippen molar-refractivity contribution < 1.29 is 4.74 Å². The molecule has 1 nitrogen and oxygen atoms in total. The molecule has 0 unspecified atom stereocenters. The van der Waals surface area contributed by atoms with Gasteiger partial charge < -0.3 is 4.74 Å². The second-order valence-electron chi connectivity index (χ2n) is 5.10. The van der Waals surface area contributed by atoms with Gasteiger partial charge in [-0.3, -0.25) is 0 Å². The molecule has 0 heterocycles. The van der Waals surface area contributed by atoms with Crippen LogP contribution in [-0.4, -0.2) is 13.2 Å². The van der Waals surface area contributed by atoms with E-state index in [2.05, 4.69) is 20.8 Å². The van der Waals surface area contributed by atoms with Crippen LogP contribution in [0, 0.1) is 17.8 Å². The smallest absolute Gasteiger partial charge is 0.0494 e. The largest absolute Gasteiger partial charge is 0.381 e. The molecule has 1 heteroatoms. The van der Waals surface area contributed by atoms with Gasteiger partial charge in [-0.2, -0.15) is 0 Å². The summed E-state index contributed by atoms with van der Waals surface area (Å²) in [7, 11) is 0. The Morgan fingerprint density at radius 2 is 1.79 bits per heavy atom. The summed E-state index contributed by atoms with van der Waals surface area (Å²) in [6, 6.07) is 0. The molecule has 1 aliphatic rings. The maximum absolute atomic E-state index is 5.62. The summed E-state index contributed by atoms with van der Waals surface area (Å²) < 4.78 is 5.62. The second kappa shape index (κ2) is 6.44. The molecular formula is C13H26O. The molecule has 1 saturated carbocycles. The molecule has 1 rings (SSSR count). The Balaban J connectivity index is 2.09. The lowest BCUT2D eigenvalue weighted by atomic mass is 9.77. The first-order valence-electron chi connectivity index (χ1n) is 6.31. The monoisotopic (exact) mass is 198 g/mol. The third-order valence-corrected chi connectivity index (χ3v) is 3.54. The fourth-order valence-corrected chi connectivity index (χ4v) is 2.42. The lowest BCUT2D eigenvalue weighted by Crippen LogP contribution is -2.21. The first kappa shape index (κ1) is 12.0. The van der Waals surface area contributed by atoms with E-state index in [4.69, 9.17) is 4.74 Å². The van der Waals surface area contributed by atoms with Crippen LogP contribution in [0.5, 0.6) is 0 Å². The van der Waals surface area contributed by atoms with Crippen LogP contribution in [-0.2, 0) is 4.74 Å². The summed E-state index contributed by atoms with van der Waals surface area (Å²) >= 11 is 0. The highest BCUT2D eigenvalue weighted by molar-refractivity contribution is 4.74. The summed E-state index contributed by atoms with van der Waals surface area (Å²) in [5, 5.41) is 0. The molecule has 1 aliphatic carbocycles. The summed E-state index contributed by atoms with van der Waals surface area (Å²) in [5.74, 6) is 2.72. The Morgan fingerprint density at radius 3 is 2.29 bits per heavy atom. The molecular weight excluding hydrogens is 172 g/mol. The van der Waals surface area contributed by atoms with E-state index in [0.29, 0.717) is 0 Å². The highest BCUT2D eigenvalue weighted by atomic mass is 16.5. The summed E-state index contributed by atoms with van der Waals surface area (Å²) in [5.41, 5.74) is 0. The van der Waals surface area contributed by atoms with Crippen molar-refractivity contribution in [2.24, 2.45) is 17.8 Å². The van der Waals surface area contributed by atoms with Gasteiger partial charge in [-0.15, -0.1) is 0 Å². The second-order valence-corrected chi connectivity index (χ2v) is 5.10. The van der Waals surface area contributed by atoms with Crippen molar-refractivity contribution in [1.82, 2.24) is 0 Å². The van der Waals surface area contributed by atoms with Crippen molar-refractivity contribution in [2.45, 2.75) is 52.9 Å². The Labute approximate surface area is 89.2 Å².